The highest BCUT2D eigenvalue weighted by molar-refractivity contribution is 6.31. The predicted molar refractivity (Wildman–Crippen MR) is 95.6 cm³/mol. The highest BCUT2D eigenvalue weighted by Gasteiger charge is 2.30. The Bertz CT molecular complexity index is 985. The van der Waals surface area contributed by atoms with Gasteiger partial charge in [-0.1, -0.05) is 22.0 Å². The van der Waals surface area contributed by atoms with Crippen LogP contribution in [0.1, 0.15) is 28.6 Å². The highest BCUT2D eigenvalue weighted by atomic mass is 35.5. The van der Waals surface area contributed by atoms with Gasteiger partial charge in [0.1, 0.15) is 5.75 Å². The molecular weight excluding hydrogens is 372 g/mol. The molecule has 1 aliphatic rings. The van der Waals surface area contributed by atoms with Crippen LogP contribution in [0.15, 0.2) is 28.9 Å². The molecule has 0 aliphatic carbocycles. The van der Waals surface area contributed by atoms with Crippen LogP contribution in [0.25, 0.3) is 11.6 Å². The van der Waals surface area contributed by atoms with Crippen LogP contribution in [0.3, 0.4) is 0 Å². The molecule has 1 fully saturated rings. The molecule has 2 aromatic heterocycles. The maximum atomic E-state index is 12.9. The van der Waals surface area contributed by atoms with Crippen molar-refractivity contribution in [3.05, 3.63) is 40.8 Å². The molecule has 1 aliphatic heterocycles. The summed E-state index contributed by atoms with van der Waals surface area (Å²) in [4.78, 5) is 18.8. The molecule has 0 unspecified atom stereocenters. The summed E-state index contributed by atoms with van der Waals surface area (Å²) < 4.78 is 12.1. The highest BCUT2D eigenvalue weighted by Crippen LogP contribution is 2.28. The molecule has 140 valence electrons. The van der Waals surface area contributed by atoms with Crippen molar-refractivity contribution in [2.75, 3.05) is 20.2 Å². The number of aromatic nitrogens is 5. The molecule has 1 aromatic carbocycles. The van der Waals surface area contributed by atoms with Crippen LogP contribution < -0.4 is 4.74 Å². The number of benzene rings is 1. The van der Waals surface area contributed by atoms with Gasteiger partial charge in [0, 0.05) is 18.1 Å². The van der Waals surface area contributed by atoms with Crippen molar-refractivity contribution < 1.29 is 14.1 Å². The molecule has 0 bridgehead atoms. The van der Waals surface area contributed by atoms with Crippen LogP contribution in [0.4, 0.5) is 0 Å². The third kappa shape index (κ3) is 3.37. The van der Waals surface area contributed by atoms with Gasteiger partial charge in [0.15, 0.2) is 11.5 Å². The molecule has 1 amide bonds. The Morgan fingerprint density at radius 2 is 2.26 bits per heavy atom. The number of hydrogen-bond donors (Lipinski definition) is 0. The predicted octanol–water partition coefficient (Wildman–Crippen LogP) is 2.39. The van der Waals surface area contributed by atoms with Gasteiger partial charge in [-0.05, 0) is 31.5 Å². The fourth-order valence-electron chi connectivity index (χ4n) is 3.11. The minimum absolute atomic E-state index is 0.0180. The van der Waals surface area contributed by atoms with Crippen molar-refractivity contribution in [1.29, 1.82) is 0 Å². The third-order valence-corrected chi connectivity index (χ3v) is 4.71. The van der Waals surface area contributed by atoms with E-state index in [4.69, 9.17) is 20.9 Å². The quantitative estimate of drug-likeness (QED) is 0.676. The zero-order chi connectivity index (χ0) is 19.0. The minimum atomic E-state index is -0.121. The molecule has 0 saturated carbocycles. The number of likely N-dealkylation sites (tertiary alicyclic amines) is 1. The molecule has 4 rings (SSSR count). The van der Waals surface area contributed by atoms with Gasteiger partial charge in [0.2, 0.25) is 0 Å². The van der Waals surface area contributed by atoms with Gasteiger partial charge in [-0.15, -0.1) is 5.10 Å². The number of nitrogens with zero attached hydrogens (tertiary/aromatic N) is 6. The van der Waals surface area contributed by atoms with Crippen molar-refractivity contribution in [3.8, 4) is 17.3 Å². The van der Waals surface area contributed by atoms with Gasteiger partial charge >= 0.3 is 0 Å². The van der Waals surface area contributed by atoms with E-state index in [1.807, 2.05) is 0 Å². The van der Waals surface area contributed by atoms with E-state index in [1.165, 1.54) is 7.11 Å². The zero-order valence-electron chi connectivity index (χ0n) is 14.8. The van der Waals surface area contributed by atoms with Crippen LogP contribution >= 0.6 is 11.6 Å². The Labute approximate surface area is 159 Å². The van der Waals surface area contributed by atoms with Gasteiger partial charge in [-0.3, -0.25) is 4.79 Å². The number of carbonyl (C=O) groups is 1. The number of aryl methyl sites for hydroxylation is 1. The smallest absolute Gasteiger partial charge is 0.280 e. The first-order valence-corrected chi connectivity index (χ1v) is 8.78. The van der Waals surface area contributed by atoms with E-state index in [1.54, 1.807) is 40.9 Å². The summed E-state index contributed by atoms with van der Waals surface area (Å²) in [5.41, 5.74) is 0.961. The van der Waals surface area contributed by atoms with E-state index in [9.17, 15) is 4.79 Å². The lowest BCUT2D eigenvalue weighted by atomic mass is 10.1. The minimum Gasteiger partial charge on any atom is -0.496 e. The SMILES string of the molecule is COc1ccc(Cl)cc1C(=O)N1CC[C@@H](n2cc(-c3nc(C)no3)nn2)C1. The Morgan fingerprint density at radius 1 is 1.41 bits per heavy atom. The summed E-state index contributed by atoms with van der Waals surface area (Å²) in [6.45, 7) is 2.86. The van der Waals surface area contributed by atoms with Gasteiger partial charge in [0.05, 0.1) is 24.9 Å². The lowest BCUT2D eigenvalue weighted by Crippen LogP contribution is -2.29. The summed E-state index contributed by atoms with van der Waals surface area (Å²) in [5.74, 6) is 1.24. The second-order valence-corrected chi connectivity index (χ2v) is 6.71. The van der Waals surface area contributed by atoms with Gasteiger partial charge in [-0.2, -0.15) is 4.98 Å². The van der Waals surface area contributed by atoms with Crippen molar-refractivity contribution in [2.45, 2.75) is 19.4 Å². The van der Waals surface area contributed by atoms with E-state index < -0.39 is 0 Å². The summed E-state index contributed by atoms with van der Waals surface area (Å²) in [5, 5.41) is 12.5. The second-order valence-electron chi connectivity index (χ2n) is 6.27. The molecule has 27 heavy (non-hydrogen) atoms. The maximum Gasteiger partial charge on any atom is 0.280 e. The van der Waals surface area contributed by atoms with Crippen molar-refractivity contribution in [3.63, 3.8) is 0 Å². The third-order valence-electron chi connectivity index (χ3n) is 4.47. The Morgan fingerprint density at radius 3 is 3.00 bits per heavy atom. The molecule has 1 atom stereocenters. The van der Waals surface area contributed by atoms with Gasteiger partial charge < -0.3 is 14.2 Å². The Hall–Kier alpha value is -2.94. The lowest BCUT2D eigenvalue weighted by molar-refractivity contribution is 0.0783. The number of carbonyl (C=O) groups excluding carboxylic acids is 1. The van der Waals surface area contributed by atoms with Crippen molar-refractivity contribution in [1.82, 2.24) is 30.0 Å². The molecule has 9 nitrogen and oxygen atoms in total. The van der Waals surface area contributed by atoms with E-state index in [2.05, 4.69) is 20.5 Å². The lowest BCUT2D eigenvalue weighted by Gasteiger charge is -2.18. The van der Waals surface area contributed by atoms with Gasteiger partial charge in [0.25, 0.3) is 11.8 Å². The van der Waals surface area contributed by atoms with E-state index in [-0.39, 0.29) is 11.9 Å². The van der Waals surface area contributed by atoms with Crippen LogP contribution in [-0.2, 0) is 0 Å². The van der Waals surface area contributed by atoms with Crippen LogP contribution in [-0.4, -0.2) is 56.1 Å². The number of ether oxygens (including phenoxy) is 1. The molecule has 3 heterocycles. The van der Waals surface area contributed by atoms with E-state index in [0.29, 0.717) is 46.8 Å². The maximum absolute atomic E-state index is 12.9. The molecule has 0 N–H and O–H groups in total. The average molecular weight is 389 g/mol. The van der Waals surface area contributed by atoms with Crippen molar-refractivity contribution in [2.24, 2.45) is 0 Å². The molecule has 10 heteroatoms. The molecule has 0 radical (unpaired) electrons. The largest absolute Gasteiger partial charge is 0.496 e. The molecule has 3 aromatic rings. The molecular formula is C17H17ClN6O3. The first-order chi connectivity index (χ1) is 13.0. The summed E-state index contributed by atoms with van der Waals surface area (Å²) in [6.07, 6.45) is 2.52. The Kier molecular flexibility index (Phi) is 4.53. The van der Waals surface area contributed by atoms with Gasteiger partial charge in [-0.25, -0.2) is 4.68 Å². The van der Waals surface area contributed by atoms with Crippen LogP contribution in [0.2, 0.25) is 5.02 Å². The number of methoxy groups -OCH3 is 1. The van der Waals surface area contributed by atoms with E-state index in [0.717, 1.165) is 6.42 Å². The first-order valence-electron chi connectivity index (χ1n) is 8.40. The number of rotatable bonds is 4. The monoisotopic (exact) mass is 388 g/mol. The number of halogens is 1. The summed E-state index contributed by atoms with van der Waals surface area (Å²) in [6, 6.07) is 5.03. The Balaban J connectivity index is 1.50. The van der Waals surface area contributed by atoms with Crippen LogP contribution in [0, 0.1) is 6.92 Å². The second kappa shape index (κ2) is 6.99. The summed E-state index contributed by atoms with van der Waals surface area (Å²) >= 11 is 6.04. The topological polar surface area (TPSA) is 99.2 Å². The average Bonchev–Trinajstić information content (AvgIpc) is 3.40. The standard InChI is InChI=1S/C17H17ClN6O3/c1-10-19-16(27-21-10)14-9-24(22-20-14)12-5-6-23(8-12)17(25)13-7-11(18)3-4-15(13)26-2/h3-4,7,9,12H,5-6,8H2,1-2H3/t12-/m1/s1. The first kappa shape index (κ1) is 17.5. The normalized spacial score (nSPS) is 16.7. The molecule has 1 saturated heterocycles. The zero-order valence-corrected chi connectivity index (χ0v) is 15.5. The fraction of sp³-hybridized carbons (Fsp3) is 0.353. The van der Waals surface area contributed by atoms with Crippen molar-refractivity contribution >= 4 is 17.5 Å². The van der Waals surface area contributed by atoms with Crippen LogP contribution in [0.5, 0.6) is 5.75 Å². The molecule has 0 spiro atoms. The summed E-state index contributed by atoms with van der Waals surface area (Å²) in [7, 11) is 1.53. The number of amides is 1. The van der Waals surface area contributed by atoms with E-state index >= 15 is 0 Å². The number of hydrogen-bond acceptors (Lipinski definition) is 7. The fourth-order valence-corrected chi connectivity index (χ4v) is 3.29.